The number of primary amides is 1. The molecule has 0 saturated carbocycles. The van der Waals surface area contributed by atoms with E-state index < -0.39 is 0 Å². The van der Waals surface area contributed by atoms with Crippen LogP contribution in [-0.4, -0.2) is 37.0 Å². The van der Waals surface area contributed by atoms with Crippen molar-refractivity contribution in [2.45, 2.75) is 26.3 Å². The summed E-state index contributed by atoms with van der Waals surface area (Å²) in [6.07, 6.45) is 1.64. The molecule has 0 bridgehead atoms. The molecule has 144 valence electrons. The molecule has 1 fully saturated rings. The van der Waals surface area contributed by atoms with Gasteiger partial charge in [0, 0.05) is 31.1 Å². The number of rotatable bonds is 6. The number of para-hydroxylation sites is 2. The molecule has 0 unspecified atom stereocenters. The number of benzene rings is 1. The van der Waals surface area contributed by atoms with Crippen molar-refractivity contribution in [3.63, 3.8) is 0 Å². The van der Waals surface area contributed by atoms with Gasteiger partial charge in [-0.1, -0.05) is 12.1 Å². The maximum absolute atomic E-state index is 12.3. The van der Waals surface area contributed by atoms with Crippen LogP contribution in [0.2, 0.25) is 0 Å². The Labute approximate surface area is 162 Å². The van der Waals surface area contributed by atoms with Crippen LogP contribution >= 0.6 is 11.3 Å². The number of hydrogen-bond acceptors (Lipinski definition) is 5. The molecule has 1 saturated heterocycles. The van der Waals surface area contributed by atoms with Crippen molar-refractivity contribution in [3.05, 3.63) is 35.3 Å². The van der Waals surface area contributed by atoms with E-state index >= 15 is 0 Å². The predicted octanol–water partition coefficient (Wildman–Crippen LogP) is 1.12. The minimum absolute atomic E-state index is 0.00139. The van der Waals surface area contributed by atoms with Crippen LogP contribution in [0.25, 0.3) is 0 Å². The highest BCUT2D eigenvalue weighted by atomic mass is 32.1. The summed E-state index contributed by atoms with van der Waals surface area (Å²) in [5.74, 6) is 0.316. The standard InChI is InChI=1S/C19H24N4O3S/c1-13(24)23(16-5-3-4-6-17(16)26-2)19-21-15(12-27-19)11-22-9-7-14(8-10-22)18(20)25/h3-6,12,14H,7-11H2,1-2H3,(H2,20,25)/p+1. The van der Waals surface area contributed by atoms with Gasteiger partial charge in [-0.15, -0.1) is 11.3 Å². The molecule has 8 heteroatoms. The second-order valence-electron chi connectivity index (χ2n) is 6.75. The quantitative estimate of drug-likeness (QED) is 0.775. The minimum Gasteiger partial charge on any atom is -0.495 e. The van der Waals surface area contributed by atoms with E-state index in [1.54, 1.807) is 12.0 Å². The summed E-state index contributed by atoms with van der Waals surface area (Å²) in [5.41, 5.74) is 7.03. The lowest BCUT2D eigenvalue weighted by Crippen LogP contribution is -3.11. The SMILES string of the molecule is COc1ccccc1N(C(C)=O)c1nc(C[NH+]2CCC(C(N)=O)CC2)cs1. The Morgan fingerprint density at radius 1 is 1.33 bits per heavy atom. The van der Waals surface area contributed by atoms with E-state index in [2.05, 4.69) is 4.98 Å². The summed E-state index contributed by atoms with van der Waals surface area (Å²) in [6.45, 7) is 4.11. The molecular formula is C19H25N4O3S+. The van der Waals surface area contributed by atoms with Crippen molar-refractivity contribution in [1.29, 1.82) is 0 Å². The van der Waals surface area contributed by atoms with Gasteiger partial charge in [-0.3, -0.25) is 14.5 Å². The summed E-state index contributed by atoms with van der Waals surface area (Å²) in [4.78, 5) is 31.3. The molecule has 7 nitrogen and oxygen atoms in total. The molecule has 2 heterocycles. The Morgan fingerprint density at radius 3 is 2.67 bits per heavy atom. The number of nitrogens with zero attached hydrogens (tertiary/aromatic N) is 2. The summed E-state index contributed by atoms with van der Waals surface area (Å²) < 4.78 is 5.40. The van der Waals surface area contributed by atoms with Crippen LogP contribution < -0.4 is 20.3 Å². The summed E-state index contributed by atoms with van der Waals surface area (Å²) in [5, 5.41) is 2.63. The third kappa shape index (κ3) is 4.45. The van der Waals surface area contributed by atoms with Crippen LogP contribution in [0.5, 0.6) is 5.75 Å². The first-order valence-electron chi connectivity index (χ1n) is 9.00. The number of aromatic nitrogens is 1. The highest BCUT2D eigenvalue weighted by Gasteiger charge is 2.27. The average Bonchev–Trinajstić information content (AvgIpc) is 3.10. The lowest BCUT2D eigenvalue weighted by atomic mass is 9.96. The number of piperidine rings is 1. The van der Waals surface area contributed by atoms with Crippen molar-refractivity contribution in [3.8, 4) is 5.75 Å². The molecule has 0 atom stereocenters. The molecule has 2 amide bonds. The molecule has 2 aromatic rings. The number of nitrogens with two attached hydrogens (primary N) is 1. The van der Waals surface area contributed by atoms with Crippen molar-refractivity contribution in [2.75, 3.05) is 25.1 Å². The van der Waals surface area contributed by atoms with Crippen molar-refractivity contribution < 1.29 is 19.2 Å². The van der Waals surface area contributed by atoms with Gasteiger partial charge in [0.2, 0.25) is 11.8 Å². The van der Waals surface area contributed by atoms with Crippen LogP contribution in [-0.2, 0) is 16.1 Å². The number of methoxy groups -OCH3 is 1. The van der Waals surface area contributed by atoms with E-state index in [4.69, 9.17) is 10.5 Å². The van der Waals surface area contributed by atoms with Crippen LogP contribution in [0.3, 0.4) is 0 Å². The molecule has 27 heavy (non-hydrogen) atoms. The van der Waals surface area contributed by atoms with Gasteiger partial charge in [-0.2, -0.15) is 0 Å². The highest BCUT2D eigenvalue weighted by molar-refractivity contribution is 7.14. The van der Waals surface area contributed by atoms with Crippen LogP contribution in [0, 0.1) is 5.92 Å². The first kappa shape index (κ1) is 19.3. The molecule has 1 aromatic carbocycles. The van der Waals surface area contributed by atoms with E-state index in [1.165, 1.54) is 23.2 Å². The van der Waals surface area contributed by atoms with Gasteiger partial charge in [0.15, 0.2) is 5.13 Å². The third-order valence-electron chi connectivity index (χ3n) is 4.90. The number of hydrogen-bond donors (Lipinski definition) is 2. The predicted molar refractivity (Wildman–Crippen MR) is 104 cm³/mol. The fourth-order valence-corrected chi connectivity index (χ4v) is 4.33. The van der Waals surface area contributed by atoms with E-state index in [0.717, 1.165) is 38.2 Å². The van der Waals surface area contributed by atoms with Gasteiger partial charge in [0.05, 0.1) is 25.9 Å². The lowest BCUT2D eigenvalue weighted by Gasteiger charge is -2.27. The Balaban J connectivity index is 1.73. The van der Waals surface area contributed by atoms with E-state index in [-0.39, 0.29) is 17.7 Å². The molecule has 0 aliphatic carbocycles. The van der Waals surface area contributed by atoms with Crippen molar-refractivity contribution in [1.82, 2.24) is 4.98 Å². The number of quaternary nitrogens is 1. The van der Waals surface area contributed by atoms with Gasteiger partial charge >= 0.3 is 0 Å². The number of thiazole rings is 1. The van der Waals surface area contributed by atoms with E-state index in [1.807, 2.05) is 29.6 Å². The van der Waals surface area contributed by atoms with E-state index in [9.17, 15) is 9.59 Å². The molecular weight excluding hydrogens is 364 g/mol. The fraction of sp³-hybridized carbons (Fsp3) is 0.421. The Morgan fingerprint density at radius 2 is 2.04 bits per heavy atom. The summed E-state index contributed by atoms with van der Waals surface area (Å²) >= 11 is 1.45. The first-order chi connectivity index (χ1) is 13.0. The van der Waals surface area contributed by atoms with Gasteiger partial charge in [0.1, 0.15) is 18.0 Å². The van der Waals surface area contributed by atoms with E-state index in [0.29, 0.717) is 16.6 Å². The van der Waals surface area contributed by atoms with Gasteiger partial charge in [0.25, 0.3) is 0 Å². The van der Waals surface area contributed by atoms with Gasteiger partial charge in [-0.25, -0.2) is 4.98 Å². The van der Waals surface area contributed by atoms with Gasteiger partial charge in [-0.05, 0) is 12.1 Å². The maximum Gasteiger partial charge on any atom is 0.230 e. The molecule has 1 aromatic heterocycles. The molecule has 1 aliphatic heterocycles. The normalized spacial score (nSPS) is 19.5. The Hall–Kier alpha value is -2.45. The molecule has 3 N–H and O–H groups in total. The van der Waals surface area contributed by atoms with Crippen LogP contribution in [0.15, 0.2) is 29.6 Å². The fourth-order valence-electron chi connectivity index (χ4n) is 3.45. The second-order valence-corrected chi connectivity index (χ2v) is 7.59. The van der Waals surface area contributed by atoms with Crippen LogP contribution in [0.1, 0.15) is 25.5 Å². The summed E-state index contributed by atoms with van der Waals surface area (Å²) in [7, 11) is 1.59. The largest absolute Gasteiger partial charge is 0.495 e. The van der Waals surface area contributed by atoms with Crippen molar-refractivity contribution in [2.24, 2.45) is 11.7 Å². The summed E-state index contributed by atoms with van der Waals surface area (Å²) in [6, 6.07) is 7.41. The molecule has 3 rings (SSSR count). The minimum atomic E-state index is -0.195. The number of amides is 2. The maximum atomic E-state index is 12.3. The zero-order valence-corrected chi connectivity index (χ0v) is 16.4. The topological polar surface area (TPSA) is 90.0 Å². The zero-order valence-electron chi connectivity index (χ0n) is 15.6. The number of carbonyl (C=O) groups is 2. The Bertz CT molecular complexity index is 815. The lowest BCUT2D eigenvalue weighted by molar-refractivity contribution is -0.919. The molecule has 1 aliphatic rings. The van der Waals surface area contributed by atoms with Gasteiger partial charge < -0.3 is 15.4 Å². The van der Waals surface area contributed by atoms with Crippen molar-refractivity contribution >= 4 is 34.0 Å². The number of carbonyl (C=O) groups excluding carboxylic acids is 2. The zero-order chi connectivity index (χ0) is 19.4. The second kappa shape index (κ2) is 8.49. The number of ether oxygens (including phenoxy) is 1. The molecule has 0 spiro atoms. The molecule has 0 radical (unpaired) electrons. The third-order valence-corrected chi connectivity index (χ3v) is 5.77. The Kier molecular flexibility index (Phi) is 6.08. The first-order valence-corrected chi connectivity index (χ1v) is 9.88. The smallest absolute Gasteiger partial charge is 0.230 e. The monoisotopic (exact) mass is 389 g/mol. The number of nitrogens with one attached hydrogen (secondary N) is 1. The average molecular weight is 390 g/mol. The van der Waals surface area contributed by atoms with Crippen LogP contribution in [0.4, 0.5) is 10.8 Å². The highest BCUT2D eigenvalue weighted by Crippen LogP contribution is 2.35. The number of likely N-dealkylation sites (tertiary alicyclic amines) is 1. The number of anilines is 2.